The van der Waals surface area contributed by atoms with Crippen molar-refractivity contribution in [1.82, 2.24) is 0 Å². The minimum absolute atomic E-state index is 0.541. The Morgan fingerprint density at radius 2 is 1.71 bits per heavy atom. The van der Waals surface area contributed by atoms with Crippen LogP contribution in [0.2, 0.25) is 0 Å². The molecule has 0 aromatic heterocycles. The van der Waals surface area contributed by atoms with E-state index in [2.05, 4.69) is 51.1 Å². The van der Waals surface area contributed by atoms with Gasteiger partial charge in [0.15, 0.2) is 0 Å². The van der Waals surface area contributed by atoms with Gasteiger partial charge in [-0.15, -0.1) is 0 Å². The molecule has 0 heteroatoms. The van der Waals surface area contributed by atoms with Crippen molar-refractivity contribution in [2.75, 3.05) is 0 Å². The number of rotatable bonds is 2. The largest absolute Gasteiger partial charge is 0.0648 e. The first-order chi connectivity index (χ1) is 8.14. The molecule has 0 radical (unpaired) electrons. The number of fused-ring (bicyclic) bond motifs is 4. The SMILES string of the molecule is CC[C@]1(C)[C@]2(C)[C@H]3CC[C@@H]3[C@]12c1ccccc1. The Kier molecular flexibility index (Phi) is 1.57. The van der Waals surface area contributed by atoms with Crippen molar-refractivity contribution in [3.8, 4) is 0 Å². The van der Waals surface area contributed by atoms with Crippen LogP contribution in [0.5, 0.6) is 0 Å². The van der Waals surface area contributed by atoms with Gasteiger partial charge in [0.1, 0.15) is 0 Å². The molecule has 17 heavy (non-hydrogen) atoms. The normalized spacial score (nSPS) is 54.1. The highest BCUT2D eigenvalue weighted by Gasteiger charge is 2.95. The van der Waals surface area contributed by atoms with Gasteiger partial charge in [-0.25, -0.2) is 0 Å². The molecule has 0 nitrogen and oxygen atoms in total. The first-order valence-corrected chi connectivity index (χ1v) is 7.20. The third-order valence-electron chi connectivity index (χ3n) is 7.28. The molecule has 0 unspecified atom stereocenters. The maximum absolute atomic E-state index is 2.57. The molecule has 0 N–H and O–H groups in total. The molecule has 3 aliphatic carbocycles. The average molecular weight is 226 g/mol. The topological polar surface area (TPSA) is 0 Å². The number of hydrogen-bond acceptors (Lipinski definition) is 0. The molecule has 1 aromatic carbocycles. The highest BCUT2D eigenvalue weighted by atomic mass is 15.0. The standard InChI is InChI=1S/C17H22/c1-4-15(2)16(3)13-10-11-14(13)17(15,16)12-8-6-5-7-9-12/h5-9,13-14H,4,10-11H2,1-3H3/t13-,14-,15+,16-,17+/m0/s1. The van der Waals surface area contributed by atoms with Gasteiger partial charge in [0, 0.05) is 5.41 Å². The molecular weight excluding hydrogens is 204 g/mol. The van der Waals surface area contributed by atoms with Gasteiger partial charge in [0.2, 0.25) is 0 Å². The molecule has 1 aromatic rings. The Bertz CT molecular complexity index is 466. The van der Waals surface area contributed by atoms with Crippen LogP contribution >= 0.6 is 0 Å². The van der Waals surface area contributed by atoms with Gasteiger partial charge >= 0.3 is 0 Å². The van der Waals surface area contributed by atoms with Crippen molar-refractivity contribution in [3.05, 3.63) is 35.9 Å². The average Bonchev–Trinajstić information content (AvgIpc) is 2.70. The smallest absolute Gasteiger partial charge is 0.0105 e. The molecule has 3 fully saturated rings. The third-order valence-corrected chi connectivity index (χ3v) is 7.28. The molecule has 4 rings (SSSR count). The van der Waals surface area contributed by atoms with Crippen molar-refractivity contribution in [1.29, 1.82) is 0 Å². The van der Waals surface area contributed by atoms with Gasteiger partial charge in [-0.2, -0.15) is 0 Å². The van der Waals surface area contributed by atoms with Crippen molar-refractivity contribution in [2.24, 2.45) is 22.7 Å². The second kappa shape index (κ2) is 2.63. The molecular formula is C17H22. The van der Waals surface area contributed by atoms with Crippen molar-refractivity contribution in [2.45, 2.75) is 45.4 Å². The van der Waals surface area contributed by atoms with Crippen molar-refractivity contribution in [3.63, 3.8) is 0 Å². The second-order valence-electron chi connectivity index (χ2n) is 6.85. The van der Waals surface area contributed by atoms with E-state index in [4.69, 9.17) is 0 Å². The lowest BCUT2D eigenvalue weighted by Gasteiger charge is -2.58. The Hall–Kier alpha value is -0.780. The first-order valence-electron chi connectivity index (χ1n) is 7.20. The summed E-state index contributed by atoms with van der Waals surface area (Å²) < 4.78 is 0. The molecule has 90 valence electrons. The van der Waals surface area contributed by atoms with Gasteiger partial charge in [-0.05, 0) is 47.5 Å². The van der Waals surface area contributed by atoms with E-state index in [0.717, 1.165) is 11.8 Å². The Morgan fingerprint density at radius 3 is 2.24 bits per heavy atom. The Balaban J connectivity index is 1.89. The summed E-state index contributed by atoms with van der Waals surface area (Å²) >= 11 is 0. The van der Waals surface area contributed by atoms with Crippen LogP contribution < -0.4 is 0 Å². The summed E-state index contributed by atoms with van der Waals surface area (Å²) in [6.07, 6.45) is 4.31. The molecule has 0 saturated heterocycles. The Labute approximate surface area is 104 Å². The highest BCUT2D eigenvalue weighted by Crippen LogP contribution is 2.97. The molecule has 0 spiro atoms. The second-order valence-corrected chi connectivity index (χ2v) is 6.85. The molecule has 5 atom stereocenters. The van der Waals surface area contributed by atoms with E-state index in [-0.39, 0.29) is 0 Å². The number of hydrogen-bond donors (Lipinski definition) is 0. The predicted octanol–water partition coefficient (Wildman–Crippen LogP) is 4.40. The third kappa shape index (κ3) is 0.687. The van der Waals surface area contributed by atoms with E-state index < -0.39 is 0 Å². The summed E-state index contributed by atoms with van der Waals surface area (Å²) in [6, 6.07) is 11.4. The zero-order valence-corrected chi connectivity index (χ0v) is 11.2. The fraction of sp³-hybridized carbons (Fsp3) is 0.647. The van der Waals surface area contributed by atoms with Crippen LogP contribution in [0, 0.1) is 22.7 Å². The molecule has 0 bridgehead atoms. The quantitative estimate of drug-likeness (QED) is 0.701. The van der Waals surface area contributed by atoms with Crippen LogP contribution in [0.4, 0.5) is 0 Å². The van der Waals surface area contributed by atoms with E-state index in [1.54, 1.807) is 5.56 Å². The van der Waals surface area contributed by atoms with Crippen molar-refractivity contribution >= 4 is 0 Å². The van der Waals surface area contributed by atoms with Gasteiger partial charge < -0.3 is 0 Å². The maximum atomic E-state index is 2.57. The highest BCUT2D eigenvalue weighted by molar-refractivity contribution is 5.55. The molecule has 0 heterocycles. The van der Waals surface area contributed by atoms with Crippen LogP contribution in [0.15, 0.2) is 30.3 Å². The van der Waals surface area contributed by atoms with Crippen molar-refractivity contribution < 1.29 is 0 Å². The Morgan fingerprint density at radius 1 is 1.06 bits per heavy atom. The zero-order valence-electron chi connectivity index (χ0n) is 11.2. The minimum Gasteiger partial charge on any atom is -0.0648 e. The fourth-order valence-electron chi connectivity index (χ4n) is 6.34. The molecule has 0 amide bonds. The monoisotopic (exact) mass is 226 g/mol. The molecule has 3 saturated carbocycles. The van der Waals surface area contributed by atoms with Gasteiger partial charge in [0.05, 0.1) is 0 Å². The van der Waals surface area contributed by atoms with Crippen LogP contribution in [0.1, 0.15) is 45.6 Å². The summed E-state index contributed by atoms with van der Waals surface area (Å²) in [5, 5.41) is 0. The van der Waals surface area contributed by atoms with Gasteiger partial charge in [-0.3, -0.25) is 0 Å². The maximum Gasteiger partial charge on any atom is 0.0105 e. The molecule has 0 aliphatic heterocycles. The summed E-state index contributed by atoms with van der Waals surface area (Å²) in [5.74, 6) is 2.03. The summed E-state index contributed by atoms with van der Waals surface area (Å²) in [6.45, 7) is 7.52. The predicted molar refractivity (Wildman–Crippen MR) is 70.8 cm³/mol. The van der Waals surface area contributed by atoms with E-state index in [1.807, 2.05) is 0 Å². The zero-order chi connectivity index (χ0) is 11.9. The summed E-state index contributed by atoms with van der Waals surface area (Å²) in [5.41, 5.74) is 3.35. The van der Waals surface area contributed by atoms with Gasteiger partial charge in [-0.1, -0.05) is 51.1 Å². The molecule has 3 aliphatic rings. The number of benzene rings is 1. The summed E-state index contributed by atoms with van der Waals surface area (Å²) in [4.78, 5) is 0. The lowest BCUT2D eigenvalue weighted by atomic mass is 9.46. The fourth-order valence-corrected chi connectivity index (χ4v) is 6.34. The minimum atomic E-state index is 0.541. The van der Waals surface area contributed by atoms with Gasteiger partial charge in [0.25, 0.3) is 0 Å². The van der Waals surface area contributed by atoms with E-state index in [0.29, 0.717) is 16.2 Å². The summed E-state index contributed by atoms with van der Waals surface area (Å²) in [7, 11) is 0. The van der Waals surface area contributed by atoms with Crippen LogP contribution in [0.25, 0.3) is 0 Å². The lowest BCUT2D eigenvalue weighted by Crippen LogP contribution is -2.54. The van der Waals surface area contributed by atoms with Crippen LogP contribution in [-0.4, -0.2) is 0 Å². The van der Waals surface area contributed by atoms with E-state index in [9.17, 15) is 0 Å². The first kappa shape index (κ1) is 10.2. The lowest BCUT2D eigenvalue weighted by molar-refractivity contribution is -0.0483. The van der Waals surface area contributed by atoms with Crippen LogP contribution in [0.3, 0.4) is 0 Å². The van der Waals surface area contributed by atoms with E-state index >= 15 is 0 Å². The van der Waals surface area contributed by atoms with Crippen LogP contribution in [-0.2, 0) is 5.41 Å². The van der Waals surface area contributed by atoms with E-state index in [1.165, 1.54) is 19.3 Å².